The lowest BCUT2D eigenvalue weighted by Gasteiger charge is -2.37. The Morgan fingerprint density at radius 1 is 1.25 bits per heavy atom. The number of hydrogen-bond donors (Lipinski definition) is 1. The molecule has 0 spiro atoms. The van der Waals surface area contributed by atoms with Crippen LogP contribution in [0.1, 0.15) is 36.9 Å². The van der Waals surface area contributed by atoms with Gasteiger partial charge in [0.05, 0.1) is 5.92 Å². The van der Waals surface area contributed by atoms with E-state index < -0.39 is 12.1 Å². The monoisotopic (exact) mass is 287 g/mol. The molecule has 0 radical (unpaired) electrons. The van der Waals surface area contributed by atoms with Crippen molar-refractivity contribution in [2.75, 3.05) is 13.1 Å². The van der Waals surface area contributed by atoms with Gasteiger partial charge in [0.1, 0.15) is 5.75 Å². The van der Waals surface area contributed by atoms with Gasteiger partial charge in [-0.15, -0.1) is 0 Å². The molecule has 1 aromatic rings. The fourth-order valence-electron chi connectivity index (χ4n) is 2.82. The maximum atomic E-state index is 12.7. The van der Waals surface area contributed by atoms with Crippen molar-refractivity contribution in [1.82, 2.24) is 4.90 Å². The van der Waals surface area contributed by atoms with E-state index >= 15 is 0 Å². The Balaban J connectivity index is 2.05. The molecule has 112 valence electrons. The van der Waals surface area contributed by atoms with Crippen molar-refractivity contribution >= 4 is 0 Å². The van der Waals surface area contributed by atoms with E-state index in [-0.39, 0.29) is 24.6 Å². The van der Waals surface area contributed by atoms with Gasteiger partial charge in [-0.05, 0) is 45.8 Å². The van der Waals surface area contributed by atoms with E-state index in [4.69, 9.17) is 0 Å². The van der Waals surface area contributed by atoms with Gasteiger partial charge in [-0.1, -0.05) is 17.7 Å². The number of benzene rings is 1. The smallest absolute Gasteiger partial charge is 0.391 e. The standard InChI is InChI=1S/C15H20F3NO/c1-10-3-4-14(20)13(9-10)11(2)19-7-5-12(6-8-19)15(16,17)18/h3-4,9,11-12,20H,5-8H2,1-2H3. The first-order valence-electron chi connectivity index (χ1n) is 6.89. The molecule has 1 fully saturated rings. The minimum absolute atomic E-state index is 0.0657. The van der Waals surface area contributed by atoms with Crippen molar-refractivity contribution in [3.05, 3.63) is 29.3 Å². The van der Waals surface area contributed by atoms with E-state index in [0.29, 0.717) is 13.1 Å². The summed E-state index contributed by atoms with van der Waals surface area (Å²) in [6.45, 7) is 4.70. The van der Waals surface area contributed by atoms with Gasteiger partial charge < -0.3 is 5.11 Å². The molecule has 1 aliphatic rings. The number of halogens is 3. The third-order valence-corrected chi connectivity index (χ3v) is 4.17. The summed E-state index contributed by atoms with van der Waals surface area (Å²) in [6.07, 6.45) is -3.80. The lowest BCUT2D eigenvalue weighted by atomic mass is 9.93. The van der Waals surface area contributed by atoms with E-state index in [2.05, 4.69) is 0 Å². The first kappa shape index (κ1) is 15.2. The van der Waals surface area contributed by atoms with Gasteiger partial charge >= 0.3 is 6.18 Å². The molecule has 1 aliphatic heterocycles. The van der Waals surface area contributed by atoms with Crippen molar-refractivity contribution in [3.8, 4) is 5.75 Å². The Morgan fingerprint density at radius 2 is 1.85 bits per heavy atom. The molecule has 1 saturated heterocycles. The highest BCUT2D eigenvalue weighted by Gasteiger charge is 2.41. The molecule has 2 rings (SSSR count). The van der Waals surface area contributed by atoms with Gasteiger partial charge in [-0.25, -0.2) is 0 Å². The van der Waals surface area contributed by atoms with Crippen LogP contribution < -0.4 is 0 Å². The quantitative estimate of drug-likeness (QED) is 0.887. The molecular weight excluding hydrogens is 267 g/mol. The average molecular weight is 287 g/mol. The van der Waals surface area contributed by atoms with Crippen LogP contribution in [0, 0.1) is 12.8 Å². The van der Waals surface area contributed by atoms with E-state index in [1.807, 2.05) is 30.9 Å². The maximum Gasteiger partial charge on any atom is 0.391 e. The van der Waals surface area contributed by atoms with Crippen LogP contribution in [0.5, 0.6) is 5.75 Å². The minimum Gasteiger partial charge on any atom is -0.508 e. The van der Waals surface area contributed by atoms with E-state index in [1.54, 1.807) is 6.07 Å². The summed E-state index contributed by atoms with van der Waals surface area (Å²) in [6, 6.07) is 5.30. The van der Waals surface area contributed by atoms with Crippen molar-refractivity contribution in [1.29, 1.82) is 0 Å². The summed E-state index contributed by atoms with van der Waals surface area (Å²) < 4.78 is 38.0. The van der Waals surface area contributed by atoms with Crippen molar-refractivity contribution in [3.63, 3.8) is 0 Å². The van der Waals surface area contributed by atoms with Crippen LogP contribution in [0.2, 0.25) is 0 Å². The lowest BCUT2D eigenvalue weighted by Crippen LogP contribution is -2.40. The molecular formula is C15H20F3NO. The Labute approximate surface area is 117 Å². The summed E-state index contributed by atoms with van der Waals surface area (Å²) in [5.74, 6) is -0.974. The zero-order valence-electron chi connectivity index (χ0n) is 11.7. The average Bonchev–Trinajstić information content (AvgIpc) is 2.40. The van der Waals surface area contributed by atoms with Crippen molar-refractivity contribution in [2.45, 2.75) is 38.9 Å². The number of rotatable bonds is 2. The lowest BCUT2D eigenvalue weighted by molar-refractivity contribution is -0.186. The Kier molecular flexibility index (Phi) is 4.28. The molecule has 1 heterocycles. The number of piperidine rings is 1. The SMILES string of the molecule is Cc1ccc(O)c(C(C)N2CCC(C(F)(F)F)CC2)c1. The van der Waals surface area contributed by atoms with Crippen LogP contribution in [0.15, 0.2) is 18.2 Å². The van der Waals surface area contributed by atoms with E-state index in [1.165, 1.54) is 0 Å². The number of phenols is 1. The third kappa shape index (κ3) is 3.26. The zero-order chi connectivity index (χ0) is 14.9. The van der Waals surface area contributed by atoms with Crippen LogP contribution in [-0.4, -0.2) is 29.3 Å². The van der Waals surface area contributed by atoms with Crippen LogP contribution in [0.25, 0.3) is 0 Å². The van der Waals surface area contributed by atoms with Crippen LogP contribution in [-0.2, 0) is 0 Å². The molecule has 1 unspecified atom stereocenters. The first-order valence-corrected chi connectivity index (χ1v) is 6.89. The number of likely N-dealkylation sites (tertiary alicyclic amines) is 1. The second-order valence-corrected chi connectivity index (χ2v) is 5.59. The Bertz CT molecular complexity index is 465. The number of nitrogens with zero attached hydrogens (tertiary/aromatic N) is 1. The highest BCUT2D eigenvalue weighted by molar-refractivity contribution is 5.37. The second kappa shape index (κ2) is 5.64. The maximum absolute atomic E-state index is 12.7. The van der Waals surface area contributed by atoms with E-state index in [0.717, 1.165) is 11.1 Å². The number of aryl methyl sites for hydroxylation is 1. The predicted octanol–water partition coefficient (Wildman–Crippen LogP) is 4.04. The van der Waals surface area contributed by atoms with Crippen molar-refractivity contribution < 1.29 is 18.3 Å². The van der Waals surface area contributed by atoms with E-state index in [9.17, 15) is 18.3 Å². The highest BCUT2D eigenvalue weighted by Crippen LogP contribution is 2.37. The van der Waals surface area contributed by atoms with Crippen LogP contribution in [0.3, 0.4) is 0 Å². The van der Waals surface area contributed by atoms with Crippen molar-refractivity contribution in [2.24, 2.45) is 5.92 Å². The fraction of sp³-hybridized carbons (Fsp3) is 0.600. The molecule has 1 aromatic carbocycles. The minimum atomic E-state index is -4.08. The molecule has 0 aromatic heterocycles. The molecule has 1 atom stereocenters. The largest absolute Gasteiger partial charge is 0.508 e. The number of phenolic OH excluding ortho intramolecular Hbond substituents is 1. The Hall–Kier alpha value is -1.23. The summed E-state index contributed by atoms with van der Waals surface area (Å²) in [7, 11) is 0. The number of hydrogen-bond acceptors (Lipinski definition) is 2. The topological polar surface area (TPSA) is 23.5 Å². The number of alkyl halides is 3. The summed E-state index contributed by atoms with van der Waals surface area (Å²) in [5.41, 5.74) is 1.82. The molecule has 0 saturated carbocycles. The zero-order valence-corrected chi connectivity index (χ0v) is 11.7. The van der Waals surface area contributed by atoms with Crippen LogP contribution >= 0.6 is 0 Å². The summed E-state index contributed by atoms with van der Waals surface area (Å²) >= 11 is 0. The molecule has 20 heavy (non-hydrogen) atoms. The normalized spacial score (nSPS) is 20.1. The van der Waals surface area contributed by atoms with Gasteiger partial charge in [0.2, 0.25) is 0 Å². The van der Waals surface area contributed by atoms with Gasteiger partial charge in [0.25, 0.3) is 0 Å². The summed E-state index contributed by atoms with van der Waals surface area (Å²) in [4.78, 5) is 2.01. The molecule has 2 nitrogen and oxygen atoms in total. The highest BCUT2D eigenvalue weighted by atomic mass is 19.4. The molecule has 5 heteroatoms. The van der Waals surface area contributed by atoms with Gasteiger partial charge in [-0.3, -0.25) is 4.90 Å². The predicted molar refractivity (Wildman–Crippen MR) is 71.6 cm³/mol. The van der Waals surface area contributed by atoms with Gasteiger partial charge in [0.15, 0.2) is 0 Å². The van der Waals surface area contributed by atoms with Gasteiger partial charge in [0, 0.05) is 11.6 Å². The summed E-state index contributed by atoms with van der Waals surface area (Å²) in [5, 5.41) is 9.91. The second-order valence-electron chi connectivity index (χ2n) is 5.59. The molecule has 1 N–H and O–H groups in total. The third-order valence-electron chi connectivity index (χ3n) is 4.17. The Morgan fingerprint density at radius 3 is 2.40 bits per heavy atom. The van der Waals surface area contributed by atoms with Crippen LogP contribution in [0.4, 0.5) is 13.2 Å². The molecule has 0 bridgehead atoms. The molecule has 0 amide bonds. The fourth-order valence-corrected chi connectivity index (χ4v) is 2.82. The molecule has 0 aliphatic carbocycles. The number of aromatic hydroxyl groups is 1. The first-order chi connectivity index (χ1) is 9.29. The van der Waals surface area contributed by atoms with Gasteiger partial charge in [-0.2, -0.15) is 13.2 Å².